The van der Waals surface area contributed by atoms with Crippen LogP contribution in [0.3, 0.4) is 0 Å². The zero-order chi connectivity index (χ0) is 13.5. The number of hydrogen-bond donors (Lipinski definition) is 1. The van der Waals surface area contributed by atoms with Gasteiger partial charge in [-0.05, 0) is 41.9 Å². The van der Waals surface area contributed by atoms with Crippen LogP contribution in [0.5, 0.6) is 0 Å². The first-order chi connectivity index (χ1) is 9.28. The van der Waals surface area contributed by atoms with Crippen LogP contribution in [0.1, 0.15) is 18.1 Å². The van der Waals surface area contributed by atoms with E-state index in [4.69, 9.17) is 11.6 Å². The molecule has 2 aromatic carbocycles. The molecule has 0 unspecified atom stereocenters. The van der Waals surface area contributed by atoms with Crippen LogP contribution in [0.25, 0.3) is 0 Å². The highest BCUT2D eigenvalue weighted by molar-refractivity contribution is 7.98. The van der Waals surface area contributed by atoms with E-state index in [1.54, 1.807) is 0 Å². The topological polar surface area (TPSA) is 12.0 Å². The SMILES string of the molecule is CCNCc1ccc(SCc2cccc(Cl)c2)cc1. The van der Waals surface area contributed by atoms with Crippen LogP contribution in [0, 0.1) is 0 Å². The van der Waals surface area contributed by atoms with Gasteiger partial charge in [0.05, 0.1) is 0 Å². The molecule has 0 aliphatic carbocycles. The van der Waals surface area contributed by atoms with Crippen LogP contribution in [0.15, 0.2) is 53.4 Å². The summed E-state index contributed by atoms with van der Waals surface area (Å²) in [4.78, 5) is 1.29. The molecule has 100 valence electrons. The minimum atomic E-state index is 0.805. The average Bonchev–Trinajstić information content (AvgIpc) is 2.44. The van der Waals surface area contributed by atoms with Crippen LogP contribution in [0.4, 0.5) is 0 Å². The Bertz CT molecular complexity index is 510. The number of hydrogen-bond acceptors (Lipinski definition) is 2. The third-order valence-corrected chi connectivity index (χ3v) is 4.12. The molecule has 1 N–H and O–H groups in total. The Kier molecular flexibility index (Phi) is 5.77. The highest BCUT2D eigenvalue weighted by Crippen LogP contribution is 2.24. The second kappa shape index (κ2) is 7.59. The molecule has 0 saturated carbocycles. The molecule has 3 heteroatoms. The fourth-order valence-corrected chi connectivity index (χ4v) is 2.82. The van der Waals surface area contributed by atoms with Gasteiger partial charge in [-0.1, -0.05) is 42.8 Å². The third kappa shape index (κ3) is 4.90. The molecule has 0 bridgehead atoms. The van der Waals surface area contributed by atoms with Crippen LogP contribution in [-0.4, -0.2) is 6.54 Å². The lowest BCUT2D eigenvalue weighted by molar-refractivity contribution is 0.726. The summed E-state index contributed by atoms with van der Waals surface area (Å²) >= 11 is 7.82. The van der Waals surface area contributed by atoms with Crippen molar-refractivity contribution >= 4 is 23.4 Å². The summed E-state index contributed by atoms with van der Waals surface area (Å²) in [5.41, 5.74) is 2.59. The Balaban J connectivity index is 1.89. The van der Waals surface area contributed by atoms with E-state index in [0.717, 1.165) is 23.9 Å². The molecule has 0 amide bonds. The van der Waals surface area contributed by atoms with Crippen LogP contribution in [0.2, 0.25) is 5.02 Å². The largest absolute Gasteiger partial charge is 0.313 e. The summed E-state index contributed by atoms with van der Waals surface area (Å²) < 4.78 is 0. The van der Waals surface area contributed by atoms with E-state index < -0.39 is 0 Å². The van der Waals surface area contributed by atoms with E-state index in [1.165, 1.54) is 16.0 Å². The first-order valence-corrected chi connectivity index (χ1v) is 7.81. The molecule has 2 aromatic rings. The zero-order valence-electron chi connectivity index (χ0n) is 11.0. The number of nitrogens with one attached hydrogen (secondary N) is 1. The van der Waals surface area contributed by atoms with Crippen molar-refractivity contribution in [3.63, 3.8) is 0 Å². The maximum absolute atomic E-state index is 5.98. The third-order valence-electron chi connectivity index (χ3n) is 2.80. The Hall–Kier alpha value is -0.960. The van der Waals surface area contributed by atoms with Crippen LogP contribution in [-0.2, 0) is 12.3 Å². The second-order valence-corrected chi connectivity index (χ2v) is 5.83. The van der Waals surface area contributed by atoms with Crippen LogP contribution >= 0.6 is 23.4 Å². The molecule has 2 rings (SSSR count). The first-order valence-electron chi connectivity index (χ1n) is 6.45. The minimum absolute atomic E-state index is 0.805. The van der Waals surface area contributed by atoms with Crippen molar-refractivity contribution in [2.45, 2.75) is 24.1 Å². The molecule has 0 aliphatic rings. The summed E-state index contributed by atoms with van der Waals surface area (Å²) in [6, 6.07) is 16.8. The summed E-state index contributed by atoms with van der Waals surface area (Å²) in [7, 11) is 0. The van der Waals surface area contributed by atoms with Gasteiger partial charge in [-0.3, -0.25) is 0 Å². The van der Waals surface area contributed by atoms with Gasteiger partial charge in [-0.15, -0.1) is 11.8 Å². The van der Waals surface area contributed by atoms with Crippen molar-refractivity contribution in [1.29, 1.82) is 0 Å². The van der Waals surface area contributed by atoms with E-state index in [1.807, 2.05) is 30.0 Å². The van der Waals surface area contributed by atoms with Crippen molar-refractivity contribution in [3.8, 4) is 0 Å². The molecular weight excluding hydrogens is 274 g/mol. The van der Waals surface area contributed by atoms with Gasteiger partial charge >= 0.3 is 0 Å². The molecule has 0 saturated heterocycles. The molecule has 0 aliphatic heterocycles. The molecule has 19 heavy (non-hydrogen) atoms. The first kappa shape index (κ1) is 14.4. The highest BCUT2D eigenvalue weighted by Gasteiger charge is 1.98. The van der Waals surface area contributed by atoms with E-state index in [2.05, 4.69) is 42.6 Å². The fourth-order valence-electron chi connectivity index (χ4n) is 1.77. The maximum atomic E-state index is 5.98. The standard InChI is InChI=1S/C16H18ClNS/c1-2-18-11-13-6-8-16(9-7-13)19-12-14-4-3-5-15(17)10-14/h3-10,18H,2,11-12H2,1H3. The number of halogens is 1. The molecule has 0 heterocycles. The molecule has 0 spiro atoms. The number of benzene rings is 2. The molecule has 0 radical (unpaired) electrons. The van der Waals surface area contributed by atoms with Gasteiger partial charge < -0.3 is 5.32 Å². The predicted octanol–water partition coefficient (Wildman–Crippen LogP) is 4.74. The van der Waals surface area contributed by atoms with E-state index in [-0.39, 0.29) is 0 Å². The van der Waals surface area contributed by atoms with Gasteiger partial charge in [0.25, 0.3) is 0 Å². The van der Waals surface area contributed by atoms with Gasteiger partial charge in [-0.25, -0.2) is 0 Å². The van der Waals surface area contributed by atoms with Gasteiger partial charge in [0.15, 0.2) is 0 Å². The Morgan fingerprint density at radius 2 is 1.84 bits per heavy atom. The molecule has 0 aromatic heterocycles. The molecule has 0 fully saturated rings. The summed E-state index contributed by atoms with van der Waals surface area (Å²) in [5.74, 6) is 0.952. The quantitative estimate of drug-likeness (QED) is 0.771. The van der Waals surface area contributed by atoms with E-state index >= 15 is 0 Å². The number of thioether (sulfide) groups is 1. The van der Waals surface area contributed by atoms with Gasteiger partial charge in [-0.2, -0.15) is 0 Å². The summed E-state index contributed by atoms with van der Waals surface area (Å²) in [6.07, 6.45) is 0. The normalized spacial score (nSPS) is 10.6. The van der Waals surface area contributed by atoms with Crippen molar-refractivity contribution in [1.82, 2.24) is 5.32 Å². The van der Waals surface area contributed by atoms with E-state index in [0.29, 0.717) is 0 Å². The van der Waals surface area contributed by atoms with Gasteiger partial charge in [0, 0.05) is 22.2 Å². The molecule has 0 atom stereocenters. The monoisotopic (exact) mass is 291 g/mol. The van der Waals surface area contributed by atoms with E-state index in [9.17, 15) is 0 Å². The molecular formula is C16H18ClNS. The minimum Gasteiger partial charge on any atom is -0.313 e. The van der Waals surface area contributed by atoms with Crippen LogP contribution < -0.4 is 5.32 Å². The average molecular weight is 292 g/mol. The fraction of sp³-hybridized carbons (Fsp3) is 0.250. The van der Waals surface area contributed by atoms with Gasteiger partial charge in [0.2, 0.25) is 0 Å². The Morgan fingerprint density at radius 1 is 1.05 bits per heavy atom. The summed E-state index contributed by atoms with van der Waals surface area (Å²) in [5, 5.41) is 4.13. The lowest BCUT2D eigenvalue weighted by Gasteiger charge is -2.05. The Labute approximate surface area is 124 Å². The van der Waals surface area contributed by atoms with Crippen molar-refractivity contribution in [2.24, 2.45) is 0 Å². The maximum Gasteiger partial charge on any atom is 0.0409 e. The highest BCUT2D eigenvalue weighted by atomic mass is 35.5. The van der Waals surface area contributed by atoms with Crippen molar-refractivity contribution in [2.75, 3.05) is 6.54 Å². The van der Waals surface area contributed by atoms with Gasteiger partial charge in [0.1, 0.15) is 0 Å². The predicted molar refractivity (Wildman–Crippen MR) is 84.8 cm³/mol. The smallest absolute Gasteiger partial charge is 0.0409 e. The lowest BCUT2D eigenvalue weighted by atomic mass is 10.2. The van der Waals surface area contributed by atoms with Crippen molar-refractivity contribution < 1.29 is 0 Å². The lowest BCUT2D eigenvalue weighted by Crippen LogP contribution is -2.11. The zero-order valence-corrected chi connectivity index (χ0v) is 12.6. The Morgan fingerprint density at radius 3 is 2.53 bits per heavy atom. The van der Waals surface area contributed by atoms with Crippen molar-refractivity contribution in [3.05, 3.63) is 64.7 Å². The number of rotatable bonds is 6. The molecule has 1 nitrogen and oxygen atoms in total. The summed E-state index contributed by atoms with van der Waals surface area (Å²) in [6.45, 7) is 4.07. The second-order valence-electron chi connectivity index (χ2n) is 4.34.